The van der Waals surface area contributed by atoms with Crippen LogP contribution in [0.1, 0.15) is 5.56 Å². The first-order valence-electron chi connectivity index (χ1n) is 10.6. The maximum Gasteiger partial charge on any atom is 0.249 e. The maximum absolute atomic E-state index is 11.7. The molecule has 9 nitrogen and oxygen atoms in total. The number of fused-ring (bicyclic) bond motifs is 1. The lowest BCUT2D eigenvalue weighted by Gasteiger charge is -2.10. The van der Waals surface area contributed by atoms with Crippen LogP contribution in [0.15, 0.2) is 77.9 Å². The van der Waals surface area contributed by atoms with Crippen LogP contribution in [0.4, 0.5) is 11.5 Å². The summed E-state index contributed by atoms with van der Waals surface area (Å²) < 4.78 is 12.6. The van der Waals surface area contributed by atoms with Gasteiger partial charge in [0.05, 0.1) is 32.5 Å². The molecule has 5 rings (SSSR count). The molecule has 2 N–H and O–H groups in total. The topological polar surface area (TPSA) is 107 Å². The van der Waals surface area contributed by atoms with Gasteiger partial charge >= 0.3 is 0 Å². The van der Waals surface area contributed by atoms with Gasteiger partial charge in [-0.25, -0.2) is 9.97 Å². The molecule has 9 heteroatoms. The lowest BCUT2D eigenvalue weighted by Crippen LogP contribution is -2.06. The van der Waals surface area contributed by atoms with Crippen molar-refractivity contribution in [1.82, 2.24) is 24.7 Å². The Morgan fingerprint density at radius 3 is 2.62 bits per heavy atom. The van der Waals surface area contributed by atoms with Crippen LogP contribution in [0.3, 0.4) is 0 Å². The number of hydrogen-bond acceptors (Lipinski definition) is 7. The molecule has 5 aromatic rings. The van der Waals surface area contributed by atoms with Crippen LogP contribution < -0.4 is 20.3 Å². The predicted molar refractivity (Wildman–Crippen MR) is 130 cm³/mol. The largest absolute Gasteiger partial charge is 0.497 e. The van der Waals surface area contributed by atoms with Gasteiger partial charge in [-0.2, -0.15) is 5.10 Å². The molecular weight excluding hydrogens is 432 g/mol. The zero-order chi connectivity index (χ0) is 23.5. The van der Waals surface area contributed by atoms with Crippen molar-refractivity contribution in [2.45, 2.75) is 6.54 Å². The van der Waals surface area contributed by atoms with E-state index >= 15 is 0 Å². The highest BCUT2D eigenvalue weighted by molar-refractivity contribution is 5.92. The second kappa shape index (κ2) is 9.07. The number of nitrogens with one attached hydrogen (secondary N) is 2. The Morgan fingerprint density at radius 2 is 1.85 bits per heavy atom. The number of nitrogens with zero attached hydrogens (tertiary/aromatic N) is 4. The molecule has 3 aromatic heterocycles. The lowest BCUT2D eigenvalue weighted by molar-refractivity contribution is 0.413. The molecule has 0 aliphatic rings. The number of para-hydroxylation sites is 1. The van der Waals surface area contributed by atoms with E-state index in [4.69, 9.17) is 14.6 Å². The molecule has 0 unspecified atom stereocenters. The average molecular weight is 454 g/mol. The van der Waals surface area contributed by atoms with Gasteiger partial charge in [0.2, 0.25) is 5.56 Å². The van der Waals surface area contributed by atoms with Crippen molar-refractivity contribution in [2.24, 2.45) is 0 Å². The molecule has 0 aliphatic carbocycles. The van der Waals surface area contributed by atoms with E-state index in [2.05, 4.69) is 20.3 Å². The van der Waals surface area contributed by atoms with E-state index in [1.54, 1.807) is 32.7 Å². The van der Waals surface area contributed by atoms with Gasteiger partial charge in [-0.05, 0) is 29.8 Å². The number of pyridine rings is 1. The van der Waals surface area contributed by atoms with E-state index in [0.29, 0.717) is 35.3 Å². The van der Waals surface area contributed by atoms with E-state index in [-0.39, 0.29) is 5.56 Å². The Kier molecular flexibility index (Phi) is 5.65. The van der Waals surface area contributed by atoms with Gasteiger partial charge in [-0.15, -0.1) is 0 Å². The molecule has 2 aromatic carbocycles. The van der Waals surface area contributed by atoms with Crippen molar-refractivity contribution < 1.29 is 9.47 Å². The third-order valence-electron chi connectivity index (χ3n) is 5.37. The SMILES string of the molecule is COc1ccc(Cn2nc(-c3ncc(OC)c(Nc4cc[nH]c(=O)c4)n3)c3ccccc32)cc1. The van der Waals surface area contributed by atoms with Crippen molar-refractivity contribution >= 4 is 22.4 Å². The van der Waals surface area contributed by atoms with E-state index < -0.39 is 0 Å². The molecular formula is C25H22N6O3. The number of aromatic amines is 1. The van der Waals surface area contributed by atoms with Crippen molar-refractivity contribution in [3.63, 3.8) is 0 Å². The molecule has 34 heavy (non-hydrogen) atoms. The summed E-state index contributed by atoms with van der Waals surface area (Å²) in [6.45, 7) is 0.582. The Hall–Kier alpha value is -4.66. The van der Waals surface area contributed by atoms with Crippen molar-refractivity contribution in [3.05, 3.63) is 89.0 Å². The second-order valence-electron chi connectivity index (χ2n) is 7.55. The smallest absolute Gasteiger partial charge is 0.249 e. The molecule has 3 heterocycles. The molecule has 0 amide bonds. The van der Waals surface area contributed by atoms with Gasteiger partial charge in [-0.1, -0.05) is 30.3 Å². The second-order valence-corrected chi connectivity index (χ2v) is 7.55. The Morgan fingerprint density at radius 1 is 1.03 bits per heavy atom. The highest BCUT2D eigenvalue weighted by Gasteiger charge is 2.17. The Bertz CT molecular complexity index is 1510. The highest BCUT2D eigenvalue weighted by atomic mass is 16.5. The van der Waals surface area contributed by atoms with E-state index in [9.17, 15) is 4.79 Å². The van der Waals surface area contributed by atoms with Crippen LogP contribution in [-0.4, -0.2) is 39.0 Å². The molecule has 0 aliphatic heterocycles. The maximum atomic E-state index is 11.7. The van der Waals surface area contributed by atoms with Gasteiger partial charge in [0.25, 0.3) is 0 Å². The van der Waals surface area contributed by atoms with Crippen molar-refractivity contribution in [1.29, 1.82) is 0 Å². The zero-order valence-electron chi connectivity index (χ0n) is 18.6. The van der Waals surface area contributed by atoms with Gasteiger partial charge < -0.3 is 19.8 Å². The minimum Gasteiger partial charge on any atom is -0.497 e. The summed E-state index contributed by atoms with van der Waals surface area (Å²) in [6, 6.07) is 19.0. The number of benzene rings is 2. The van der Waals surface area contributed by atoms with Crippen LogP contribution >= 0.6 is 0 Å². The summed E-state index contributed by atoms with van der Waals surface area (Å²) in [5.74, 6) is 2.14. The number of anilines is 2. The Labute approximate surface area is 195 Å². The normalized spacial score (nSPS) is 10.9. The lowest BCUT2D eigenvalue weighted by atomic mass is 10.2. The van der Waals surface area contributed by atoms with Crippen molar-refractivity contribution in [2.75, 3.05) is 19.5 Å². The first kappa shape index (κ1) is 21.2. The molecule has 0 saturated carbocycles. The number of ether oxygens (including phenoxy) is 2. The number of hydrogen-bond donors (Lipinski definition) is 2. The molecule has 170 valence electrons. The third kappa shape index (κ3) is 4.18. The first-order chi connectivity index (χ1) is 16.6. The summed E-state index contributed by atoms with van der Waals surface area (Å²) in [5.41, 5.74) is 3.08. The molecule has 0 bridgehead atoms. The summed E-state index contributed by atoms with van der Waals surface area (Å²) in [7, 11) is 3.19. The average Bonchev–Trinajstić information content (AvgIpc) is 3.23. The van der Waals surface area contributed by atoms with Crippen molar-refractivity contribution in [3.8, 4) is 23.0 Å². The summed E-state index contributed by atoms with van der Waals surface area (Å²) in [6.07, 6.45) is 3.16. The van der Waals surface area contributed by atoms with E-state index in [0.717, 1.165) is 22.2 Å². The summed E-state index contributed by atoms with van der Waals surface area (Å²) >= 11 is 0. The fourth-order valence-electron chi connectivity index (χ4n) is 3.70. The van der Waals surface area contributed by atoms with Crippen LogP contribution in [0, 0.1) is 0 Å². The number of methoxy groups -OCH3 is 2. The molecule has 0 fully saturated rings. The number of rotatable bonds is 7. The van der Waals surface area contributed by atoms with Gasteiger partial charge in [-0.3, -0.25) is 9.48 Å². The van der Waals surface area contributed by atoms with Crippen LogP contribution in [0.25, 0.3) is 22.4 Å². The van der Waals surface area contributed by atoms with Crippen LogP contribution in [0.2, 0.25) is 0 Å². The molecule has 0 spiro atoms. The minimum atomic E-state index is -0.221. The Balaban J connectivity index is 1.55. The fraction of sp³-hybridized carbons (Fsp3) is 0.120. The number of H-pyrrole nitrogens is 1. The quantitative estimate of drug-likeness (QED) is 0.383. The summed E-state index contributed by atoms with van der Waals surface area (Å²) in [5, 5.41) is 8.92. The molecule has 0 radical (unpaired) electrons. The van der Waals surface area contributed by atoms with Gasteiger partial charge in [0.15, 0.2) is 17.4 Å². The van der Waals surface area contributed by atoms with E-state index in [1.807, 2.05) is 53.2 Å². The first-order valence-corrected chi connectivity index (χ1v) is 10.6. The standard InChI is InChI=1S/C25H22N6O3/c1-33-18-9-7-16(8-10-18)15-31-20-6-4-3-5-19(20)23(30-31)25-27-14-21(34-2)24(29-25)28-17-11-12-26-22(32)13-17/h3-14H,15H2,1-2H3,(H2,26,27,28,29,32). The highest BCUT2D eigenvalue weighted by Crippen LogP contribution is 2.30. The third-order valence-corrected chi connectivity index (χ3v) is 5.37. The summed E-state index contributed by atoms with van der Waals surface area (Å²) in [4.78, 5) is 23.4. The van der Waals surface area contributed by atoms with Crippen LogP contribution in [-0.2, 0) is 6.54 Å². The predicted octanol–water partition coefficient (Wildman–Crippen LogP) is 3.99. The number of aromatic nitrogens is 5. The van der Waals surface area contributed by atoms with E-state index in [1.165, 1.54) is 6.07 Å². The minimum absolute atomic E-state index is 0.221. The van der Waals surface area contributed by atoms with Gasteiger partial charge in [0, 0.05) is 23.3 Å². The van der Waals surface area contributed by atoms with Gasteiger partial charge in [0.1, 0.15) is 11.4 Å². The fourth-order valence-corrected chi connectivity index (χ4v) is 3.70. The monoisotopic (exact) mass is 454 g/mol. The molecule has 0 atom stereocenters. The van der Waals surface area contributed by atoms with Crippen LogP contribution in [0.5, 0.6) is 11.5 Å². The zero-order valence-corrected chi connectivity index (χ0v) is 18.6. The molecule has 0 saturated heterocycles.